The van der Waals surface area contributed by atoms with Crippen LogP contribution in [0.25, 0.3) is 0 Å². The van der Waals surface area contributed by atoms with Gasteiger partial charge in [-0.3, -0.25) is 0 Å². The molecule has 0 saturated heterocycles. The van der Waals surface area contributed by atoms with E-state index in [9.17, 15) is 4.79 Å². The Labute approximate surface area is 95.4 Å². The van der Waals surface area contributed by atoms with Gasteiger partial charge in [-0.25, -0.2) is 4.79 Å². The first-order valence-electron chi connectivity index (χ1n) is 5.60. The number of rotatable bonds is 2. The molecule has 1 heterocycles. The summed E-state index contributed by atoms with van der Waals surface area (Å²) in [6, 6.07) is 5.92. The molecule has 0 bridgehead atoms. The lowest BCUT2D eigenvalue weighted by Crippen LogP contribution is -2.34. The van der Waals surface area contributed by atoms with Gasteiger partial charge < -0.3 is 16.0 Å². The molecule has 0 atom stereocenters. The number of nitrogens with one attached hydrogen (secondary N) is 3. The van der Waals surface area contributed by atoms with Crippen molar-refractivity contribution in [1.29, 1.82) is 0 Å². The van der Waals surface area contributed by atoms with Crippen LogP contribution in [0.15, 0.2) is 18.2 Å². The first kappa shape index (κ1) is 10.8. The average Bonchev–Trinajstić information content (AvgIpc) is 2.65. The van der Waals surface area contributed by atoms with Crippen LogP contribution in [-0.4, -0.2) is 18.6 Å². The molecule has 4 nitrogen and oxygen atoms in total. The van der Waals surface area contributed by atoms with Gasteiger partial charge >= 0.3 is 6.03 Å². The second-order valence-corrected chi connectivity index (χ2v) is 4.26. The Balaban J connectivity index is 2.10. The van der Waals surface area contributed by atoms with Crippen molar-refractivity contribution in [2.24, 2.45) is 0 Å². The molecular formula is C12H17N3O. The molecule has 1 aromatic carbocycles. The number of hydrogen-bond acceptors (Lipinski definition) is 2. The molecule has 0 spiro atoms. The third-order valence-corrected chi connectivity index (χ3v) is 2.53. The molecular weight excluding hydrogens is 202 g/mol. The maximum absolute atomic E-state index is 11.6. The Hall–Kier alpha value is -1.71. The summed E-state index contributed by atoms with van der Waals surface area (Å²) in [4.78, 5) is 11.6. The van der Waals surface area contributed by atoms with E-state index in [2.05, 4.69) is 16.0 Å². The van der Waals surface area contributed by atoms with Crippen molar-refractivity contribution >= 4 is 17.4 Å². The SMILES string of the molecule is CC(C)NC(=O)Nc1cccc2c1CCN2. The average molecular weight is 219 g/mol. The van der Waals surface area contributed by atoms with Crippen molar-refractivity contribution in [3.05, 3.63) is 23.8 Å². The second kappa shape index (κ2) is 4.43. The van der Waals surface area contributed by atoms with Crippen LogP contribution >= 0.6 is 0 Å². The lowest BCUT2D eigenvalue weighted by molar-refractivity contribution is 0.250. The number of amides is 2. The molecule has 1 aromatic rings. The minimum atomic E-state index is -0.143. The molecule has 0 aliphatic carbocycles. The van der Waals surface area contributed by atoms with Crippen LogP contribution in [0.2, 0.25) is 0 Å². The maximum Gasteiger partial charge on any atom is 0.319 e. The predicted molar refractivity (Wildman–Crippen MR) is 65.9 cm³/mol. The number of benzene rings is 1. The Morgan fingerprint density at radius 1 is 1.44 bits per heavy atom. The smallest absolute Gasteiger partial charge is 0.319 e. The van der Waals surface area contributed by atoms with Crippen molar-refractivity contribution in [3.8, 4) is 0 Å². The van der Waals surface area contributed by atoms with Crippen LogP contribution in [0.4, 0.5) is 16.2 Å². The number of anilines is 2. The largest absolute Gasteiger partial charge is 0.384 e. The normalized spacial score (nSPS) is 13.2. The van der Waals surface area contributed by atoms with E-state index in [0.717, 1.165) is 24.3 Å². The minimum Gasteiger partial charge on any atom is -0.384 e. The van der Waals surface area contributed by atoms with Gasteiger partial charge in [0.05, 0.1) is 0 Å². The molecule has 0 fully saturated rings. The highest BCUT2D eigenvalue weighted by atomic mass is 16.2. The molecule has 0 saturated carbocycles. The maximum atomic E-state index is 11.6. The molecule has 16 heavy (non-hydrogen) atoms. The molecule has 3 N–H and O–H groups in total. The molecule has 1 aliphatic rings. The molecule has 2 rings (SSSR count). The number of carbonyl (C=O) groups excluding carboxylic acids is 1. The topological polar surface area (TPSA) is 53.2 Å². The minimum absolute atomic E-state index is 0.143. The van der Waals surface area contributed by atoms with Gasteiger partial charge in [-0.05, 0) is 32.4 Å². The Morgan fingerprint density at radius 3 is 3.00 bits per heavy atom. The van der Waals surface area contributed by atoms with Crippen LogP contribution in [-0.2, 0) is 6.42 Å². The van der Waals surface area contributed by atoms with E-state index in [0.29, 0.717) is 0 Å². The molecule has 4 heteroatoms. The highest BCUT2D eigenvalue weighted by Gasteiger charge is 2.15. The fourth-order valence-electron chi connectivity index (χ4n) is 1.88. The Morgan fingerprint density at radius 2 is 2.25 bits per heavy atom. The van der Waals surface area contributed by atoms with Gasteiger partial charge in [0.25, 0.3) is 0 Å². The monoisotopic (exact) mass is 219 g/mol. The summed E-state index contributed by atoms with van der Waals surface area (Å²) in [5, 5.41) is 8.98. The zero-order valence-corrected chi connectivity index (χ0v) is 9.63. The standard InChI is InChI=1S/C12H17N3O/c1-8(2)14-12(16)15-11-5-3-4-10-9(11)6-7-13-10/h3-5,8,13H,6-7H2,1-2H3,(H2,14,15,16). The molecule has 86 valence electrons. The van der Waals surface area contributed by atoms with Gasteiger partial charge in [-0.2, -0.15) is 0 Å². The number of fused-ring (bicyclic) bond motifs is 1. The molecule has 1 aliphatic heterocycles. The molecule has 0 radical (unpaired) electrons. The molecule has 0 unspecified atom stereocenters. The van der Waals surface area contributed by atoms with E-state index < -0.39 is 0 Å². The summed E-state index contributed by atoms with van der Waals surface area (Å²) >= 11 is 0. The molecule has 2 amide bonds. The van der Waals surface area contributed by atoms with E-state index in [-0.39, 0.29) is 12.1 Å². The third-order valence-electron chi connectivity index (χ3n) is 2.53. The third kappa shape index (κ3) is 2.27. The van der Waals surface area contributed by atoms with E-state index >= 15 is 0 Å². The van der Waals surface area contributed by atoms with E-state index in [4.69, 9.17) is 0 Å². The first-order chi connectivity index (χ1) is 7.66. The molecule has 0 aromatic heterocycles. The van der Waals surface area contributed by atoms with Gasteiger partial charge in [0, 0.05) is 29.5 Å². The number of carbonyl (C=O) groups is 1. The quantitative estimate of drug-likeness (QED) is 0.714. The summed E-state index contributed by atoms with van der Waals surface area (Å²) in [6.07, 6.45) is 0.966. The highest BCUT2D eigenvalue weighted by molar-refractivity contribution is 5.91. The van der Waals surface area contributed by atoms with Crippen LogP contribution in [0.3, 0.4) is 0 Å². The zero-order valence-electron chi connectivity index (χ0n) is 9.63. The summed E-state index contributed by atoms with van der Waals surface area (Å²) < 4.78 is 0. The van der Waals surface area contributed by atoms with Crippen LogP contribution < -0.4 is 16.0 Å². The number of urea groups is 1. The van der Waals surface area contributed by atoms with Crippen LogP contribution in [0.5, 0.6) is 0 Å². The fourth-order valence-corrected chi connectivity index (χ4v) is 1.88. The van der Waals surface area contributed by atoms with Gasteiger partial charge in [0.15, 0.2) is 0 Å². The van der Waals surface area contributed by atoms with E-state index in [1.54, 1.807) is 0 Å². The Bertz CT molecular complexity index is 401. The van der Waals surface area contributed by atoms with Gasteiger partial charge in [0.2, 0.25) is 0 Å². The number of hydrogen-bond donors (Lipinski definition) is 3. The highest BCUT2D eigenvalue weighted by Crippen LogP contribution is 2.28. The summed E-state index contributed by atoms with van der Waals surface area (Å²) in [6.45, 7) is 4.83. The van der Waals surface area contributed by atoms with E-state index in [1.165, 1.54) is 5.56 Å². The lowest BCUT2D eigenvalue weighted by Gasteiger charge is -2.12. The van der Waals surface area contributed by atoms with Gasteiger partial charge in [-0.1, -0.05) is 6.07 Å². The van der Waals surface area contributed by atoms with Crippen molar-refractivity contribution in [2.45, 2.75) is 26.3 Å². The van der Waals surface area contributed by atoms with Gasteiger partial charge in [0.1, 0.15) is 0 Å². The van der Waals surface area contributed by atoms with E-state index in [1.807, 2.05) is 32.0 Å². The summed E-state index contributed by atoms with van der Waals surface area (Å²) in [5.41, 5.74) is 3.23. The van der Waals surface area contributed by atoms with Crippen molar-refractivity contribution in [3.63, 3.8) is 0 Å². The van der Waals surface area contributed by atoms with Gasteiger partial charge in [-0.15, -0.1) is 0 Å². The van der Waals surface area contributed by atoms with Crippen molar-refractivity contribution < 1.29 is 4.79 Å². The fraction of sp³-hybridized carbons (Fsp3) is 0.417. The first-order valence-corrected chi connectivity index (χ1v) is 5.60. The zero-order chi connectivity index (χ0) is 11.5. The summed E-state index contributed by atoms with van der Waals surface area (Å²) in [7, 11) is 0. The second-order valence-electron chi connectivity index (χ2n) is 4.26. The van der Waals surface area contributed by atoms with Crippen LogP contribution in [0.1, 0.15) is 19.4 Å². The Kier molecular flexibility index (Phi) is 2.99. The predicted octanol–water partition coefficient (Wildman–Crippen LogP) is 2.18. The lowest BCUT2D eigenvalue weighted by atomic mass is 10.1. The summed E-state index contributed by atoms with van der Waals surface area (Å²) in [5.74, 6) is 0. The van der Waals surface area contributed by atoms with Crippen molar-refractivity contribution in [1.82, 2.24) is 5.32 Å². The van der Waals surface area contributed by atoms with Crippen molar-refractivity contribution in [2.75, 3.05) is 17.2 Å². The van der Waals surface area contributed by atoms with Crippen LogP contribution in [0, 0.1) is 0 Å².